The summed E-state index contributed by atoms with van der Waals surface area (Å²) in [5.41, 5.74) is -7.66. The molecule has 0 aliphatic carbocycles. The van der Waals surface area contributed by atoms with E-state index in [0.717, 1.165) is 13.0 Å². The highest BCUT2D eigenvalue weighted by atomic mass is 19.4. The van der Waals surface area contributed by atoms with Crippen LogP contribution in [0.3, 0.4) is 0 Å². The summed E-state index contributed by atoms with van der Waals surface area (Å²) in [5.74, 6) is -1.85. The summed E-state index contributed by atoms with van der Waals surface area (Å²) in [6, 6.07) is 14.9. The molecular weight excluding hydrogens is 594 g/mol. The molecule has 230 valence electrons. The van der Waals surface area contributed by atoms with Crippen molar-refractivity contribution in [2.24, 2.45) is 0 Å². The van der Waals surface area contributed by atoms with E-state index >= 15 is 0 Å². The summed E-state index contributed by atoms with van der Waals surface area (Å²) < 4.78 is 92.9. The zero-order valence-corrected chi connectivity index (χ0v) is 23.0. The fourth-order valence-electron chi connectivity index (χ4n) is 4.56. The zero-order valence-electron chi connectivity index (χ0n) is 23.0. The van der Waals surface area contributed by atoms with Gasteiger partial charge in [0.2, 0.25) is 5.41 Å². The number of nitrogens with one attached hydrogen (secondary N) is 2. The van der Waals surface area contributed by atoms with Crippen molar-refractivity contribution in [1.29, 1.82) is 0 Å². The molecule has 7 nitrogen and oxygen atoms in total. The zero-order chi connectivity index (χ0) is 32.4. The molecular formula is C31H24F6N2O5. The molecule has 0 aromatic heterocycles. The lowest BCUT2D eigenvalue weighted by Gasteiger charge is -2.38. The highest BCUT2D eigenvalue weighted by Gasteiger charge is 2.72. The molecule has 0 aliphatic heterocycles. The number of carbonyl (C=O) groups excluding carboxylic acids is 2. The van der Waals surface area contributed by atoms with Crippen molar-refractivity contribution in [1.82, 2.24) is 5.32 Å². The molecule has 0 saturated carbocycles. The van der Waals surface area contributed by atoms with Gasteiger partial charge in [0, 0.05) is 18.2 Å². The van der Waals surface area contributed by atoms with E-state index < -0.39 is 52.0 Å². The van der Waals surface area contributed by atoms with E-state index in [1.807, 2.05) is 0 Å². The highest BCUT2D eigenvalue weighted by molar-refractivity contribution is 6.05. The third kappa shape index (κ3) is 5.98. The lowest BCUT2D eigenvalue weighted by Crippen LogP contribution is -2.54. The number of aryl methyl sites for hydroxylation is 1. The second kappa shape index (κ2) is 11.8. The van der Waals surface area contributed by atoms with Gasteiger partial charge in [0.05, 0.1) is 5.69 Å². The Morgan fingerprint density at radius 3 is 1.57 bits per heavy atom. The normalized spacial score (nSPS) is 12.0. The average Bonchev–Trinajstić information content (AvgIpc) is 2.95. The summed E-state index contributed by atoms with van der Waals surface area (Å²) in [6.45, 7) is 1.15. The summed E-state index contributed by atoms with van der Waals surface area (Å²) >= 11 is 0. The molecule has 4 aromatic rings. The molecule has 0 radical (unpaired) electrons. The molecule has 0 heterocycles. The van der Waals surface area contributed by atoms with E-state index in [-0.39, 0.29) is 22.8 Å². The summed E-state index contributed by atoms with van der Waals surface area (Å²) in [5, 5.41) is 24.7. The molecule has 0 spiro atoms. The number of halogens is 6. The average molecular weight is 619 g/mol. The van der Waals surface area contributed by atoms with Gasteiger partial charge in [-0.2, -0.15) is 26.3 Å². The molecule has 13 heteroatoms. The van der Waals surface area contributed by atoms with Crippen LogP contribution in [0.4, 0.5) is 32.0 Å². The molecule has 0 bridgehead atoms. The first kappa shape index (κ1) is 31.7. The van der Waals surface area contributed by atoms with Crippen LogP contribution in [0.2, 0.25) is 0 Å². The molecule has 0 fully saturated rings. The number of alkyl halides is 6. The molecule has 4 N–H and O–H groups in total. The van der Waals surface area contributed by atoms with Crippen molar-refractivity contribution in [3.63, 3.8) is 0 Å². The van der Waals surface area contributed by atoms with Gasteiger partial charge in [-0.1, -0.05) is 18.2 Å². The van der Waals surface area contributed by atoms with Gasteiger partial charge < -0.3 is 25.6 Å². The Morgan fingerprint density at radius 2 is 1.11 bits per heavy atom. The first-order valence-corrected chi connectivity index (χ1v) is 12.8. The Bertz CT molecular complexity index is 1670. The number of amides is 2. The molecule has 44 heavy (non-hydrogen) atoms. The monoisotopic (exact) mass is 618 g/mol. The Hall–Kier alpha value is -5.20. The number of phenolic OH excluding ortho intramolecular Hbond substituents is 2. The predicted octanol–water partition coefficient (Wildman–Crippen LogP) is 7.22. The largest absolute Gasteiger partial charge is 0.508 e. The van der Waals surface area contributed by atoms with E-state index in [4.69, 9.17) is 4.74 Å². The molecule has 0 aliphatic rings. The lowest BCUT2D eigenvalue weighted by molar-refractivity contribution is -0.288. The van der Waals surface area contributed by atoms with Crippen LogP contribution < -0.4 is 15.4 Å². The molecule has 2 amide bonds. The Morgan fingerprint density at radius 1 is 0.659 bits per heavy atom. The van der Waals surface area contributed by atoms with E-state index in [9.17, 15) is 46.1 Å². The SMILES string of the molecule is CNC(=O)c1ccc(Oc2ccc(C(=O)Nc3cc(C(c4ccc(O)c(C)c4)(C(F)(F)F)C(F)(F)F)ccc3O)cc2)cc1. The van der Waals surface area contributed by atoms with Crippen LogP contribution in [-0.2, 0) is 5.41 Å². The van der Waals surface area contributed by atoms with Crippen molar-refractivity contribution < 1.29 is 50.9 Å². The number of anilines is 1. The van der Waals surface area contributed by atoms with Gasteiger partial charge in [-0.25, -0.2) is 0 Å². The second-order valence-corrected chi connectivity index (χ2v) is 9.66. The number of hydrogen-bond donors (Lipinski definition) is 4. The Kier molecular flexibility index (Phi) is 8.53. The van der Waals surface area contributed by atoms with Gasteiger partial charge in [0.1, 0.15) is 23.0 Å². The summed E-state index contributed by atoms with van der Waals surface area (Å²) in [6.07, 6.45) is -11.9. The van der Waals surface area contributed by atoms with Gasteiger partial charge in [-0.3, -0.25) is 9.59 Å². The molecule has 0 unspecified atom stereocenters. The molecule has 4 rings (SSSR count). The topological polar surface area (TPSA) is 108 Å². The number of phenols is 2. The summed E-state index contributed by atoms with van der Waals surface area (Å²) in [4.78, 5) is 24.6. The quantitative estimate of drug-likeness (QED) is 0.129. The fraction of sp³-hybridized carbons (Fsp3) is 0.161. The lowest BCUT2D eigenvalue weighted by atomic mass is 9.72. The van der Waals surface area contributed by atoms with Crippen LogP contribution in [0.15, 0.2) is 84.9 Å². The smallest absolute Gasteiger partial charge is 0.411 e. The van der Waals surface area contributed by atoms with E-state index in [1.165, 1.54) is 43.4 Å². The first-order valence-electron chi connectivity index (χ1n) is 12.8. The van der Waals surface area contributed by atoms with Crippen LogP contribution >= 0.6 is 0 Å². The number of carbonyl (C=O) groups is 2. The number of hydrogen-bond acceptors (Lipinski definition) is 5. The minimum Gasteiger partial charge on any atom is -0.508 e. The third-order valence-corrected chi connectivity index (χ3v) is 6.85. The van der Waals surface area contributed by atoms with Crippen molar-refractivity contribution >= 4 is 17.5 Å². The Balaban J connectivity index is 1.64. The van der Waals surface area contributed by atoms with Crippen molar-refractivity contribution in [2.45, 2.75) is 24.7 Å². The van der Waals surface area contributed by atoms with Crippen LogP contribution in [0.5, 0.6) is 23.0 Å². The van der Waals surface area contributed by atoms with Gasteiger partial charge in [-0.05, 0) is 90.3 Å². The highest BCUT2D eigenvalue weighted by Crippen LogP contribution is 2.57. The van der Waals surface area contributed by atoms with E-state index in [1.54, 1.807) is 12.1 Å². The maximum Gasteiger partial charge on any atom is 0.411 e. The molecule has 4 aromatic carbocycles. The van der Waals surface area contributed by atoms with Gasteiger partial charge in [0.15, 0.2) is 0 Å². The predicted molar refractivity (Wildman–Crippen MR) is 148 cm³/mol. The van der Waals surface area contributed by atoms with Crippen LogP contribution in [0.1, 0.15) is 37.4 Å². The van der Waals surface area contributed by atoms with Gasteiger partial charge in [0.25, 0.3) is 11.8 Å². The van der Waals surface area contributed by atoms with Crippen LogP contribution in [0.25, 0.3) is 0 Å². The second-order valence-electron chi connectivity index (χ2n) is 9.66. The maximum absolute atomic E-state index is 14.5. The van der Waals surface area contributed by atoms with Gasteiger partial charge in [-0.15, -0.1) is 0 Å². The third-order valence-electron chi connectivity index (χ3n) is 6.85. The molecule has 0 atom stereocenters. The number of benzene rings is 4. The van der Waals surface area contributed by atoms with Gasteiger partial charge >= 0.3 is 12.4 Å². The maximum atomic E-state index is 14.5. The minimum absolute atomic E-state index is 0.0517. The van der Waals surface area contributed by atoms with Crippen LogP contribution in [-0.4, -0.2) is 41.4 Å². The van der Waals surface area contributed by atoms with Crippen molar-refractivity contribution in [3.05, 3.63) is 113 Å². The fourth-order valence-corrected chi connectivity index (χ4v) is 4.56. The number of rotatable bonds is 7. The van der Waals surface area contributed by atoms with Crippen LogP contribution in [0, 0.1) is 6.92 Å². The van der Waals surface area contributed by atoms with E-state index in [0.29, 0.717) is 41.6 Å². The summed E-state index contributed by atoms with van der Waals surface area (Å²) in [7, 11) is 1.49. The minimum atomic E-state index is -5.93. The number of ether oxygens (including phenoxy) is 1. The standard InChI is InChI=1S/C31H24F6N2O5/c1-17-15-20(7-13-25(17)40)29(30(32,33)34,31(35,36)37)21-8-14-26(41)24(16-21)39-28(43)19-5-11-23(12-6-19)44-22-9-3-18(4-10-22)27(42)38-2/h3-16,40-41H,1-2H3,(H,38,42)(H,39,43). The molecule has 0 saturated heterocycles. The Labute approximate surface area is 246 Å². The van der Waals surface area contributed by atoms with E-state index in [2.05, 4.69) is 10.6 Å². The number of aromatic hydroxyl groups is 2. The first-order chi connectivity index (χ1) is 20.6. The van der Waals surface area contributed by atoms with Crippen molar-refractivity contribution in [2.75, 3.05) is 12.4 Å². The van der Waals surface area contributed by atoms with Crippen molar-refractivity contribution in [3.8, 4) is 23.0 Å².